The predicted octanol–water partition coefficient (Wildman–Crippen LogP) is 2.55. The molecule has 1 N–H and O–H groups in total. The van der Waals surface area contributed by atoms with Gasteiger partial charge in [0.1, 0.15) is 0 Å². The molecule has 0 radical (unpaired) electrons. The molecule has 1 aliphatic rings. The molecule has 1 unspecified atom stereocenters. The van der Waals surface area contributed by atoms with Gasteiger partial charge in [-0.3, -0.25) is 4.79 Å². The van der Waals surface area contributed by atoms with Gasteiger partial charge in [0.15, 0.2) is 0 Å². The average molecular weight is 254 g/mol. The van der Waals surface area contributed by atoms with Crippen LogP contribution < -0.4 is 5.32 Å². The number of benzene rings is 1. The first-order valence-electron chi connectivity index (χ1n) is 5.75. The predicted molar refractivity (Wildman–Crippen MR) is 66.9 cm³/mol. The maximum absolute atomic E-state index is 11.7. The topological polar surface area (TPSA) is 38.3 Å². The third-order valence-corrected chi connectivity index (χ3v) is 3.12. The van der Waals surface area contributed by atoms with Crippen molar-refractivity contribution >= 4 is 17.5 Å². The standard InChI is InChI=1S/C13H16ClNO2/c1-17-8-12(15-13(16)10-2-3-10)9-4-6-11(14)7-5-9/h4-7,10,12H,2-3,8H2,1H3,(H,15,16). The molecule has 2 rings (SSSR count). The minimum Gasteiger partial charge on any atom is -0.382 e. The Hall–Kier alpha value is -1.06. The molecule has 1 amide bonds. The normalized spacial score (nSPS) is 16.6. The number of carbonyl (C=O) groups is 1. The zero-order chi connectivity index (χ0) is 12.3. The summed E-state index contributed by atoms with van der Waals surface area (Å²) in [6, 6.07) is 7.38. The highest BCUT2D eigenvalue weighted by Crippen LogP contribution is 2.30. The van der Waals surface area contributed by atoms with E-state index in [0.717, 1.165) is 18.4 Å². The molecule has 0 bridgehead atoms. The van der Waals surface area contributed by atoms with E-state index in [1.165, 1.54) is 0 Å². The first kappa shape index (κ1) is 12.4. The second kappa shape index (κ2) is 5.52. The molecule has 17 heavy (non-hydrogen) atoms. The van der Waals surface area contributed by atoms with Crippen molar-refractivity contribution in [2.75, 3.05) is 13.7 Å². The lowest BCUT2D eigenvalue weighted by atomic mass is 10.1. The van der Waals surface area contributed by atoms with Gasteiger partial charge in [-0.05, 0) is 30.5 Å². The van der Waals surface area contributed by atoms with Gasteiger partial charge in [0.05, 0.1) is 12.6 Å². The van der Waals surface area contributed by atoms with Crippen molar-refractivity contribution in [3.63, 3.8) is 0 Å². The van der Waals surface area contributed by atoms with E-state index in [2.05, 4.69) is 5.32 Å². The molecule has 1 aromatic carbocycles. The Morgan fingerprint density at radius 3 is 2.65 bits per heavy atom. The monoisotopic (exact) mass is 253 g/mol. The van der Waals surface area contributed by atoms with Crippen molar-refractivity contribution in [1.29, 1.82) is 0 Å². The molecule has 3 nitrogen and oxygen atoms in total. The van der Waals surface area contributed by atoms with E-state index in [1.807, 2.05) is 24.3 Å². The van der Waals surface area contributed by atoms with Crippen LogP contribution in [0.4, 0.5) is 0 Å². The summed E-state index contributed by atoms with van der Waals surface area (Å²) in [4.78, 5) is 11.7. The highest BCUT2D eigenvalue weighted by Gasteiger charge is 2.31. The Kier molecular flexibility index (Phi) is 4.02. The van der Waals surface area contributed by atoms with Gasteiger partial charge in [0.25, 0.3) is 0 Å². The van der Waals surface area contributed by atoms with Crippen LogP contribution in [0, 0.1) is 5.92 Å². The van der Waals surface area contributed by atoms with Crippen LogP contribution in [-0.2, 0) is 9.53 Å². The summed E-state index contributed by atoms with van der Waals surface area (Å²) < 4.78 is 5.14. The van der Waals surface area contributed by atoms with Gasteiger partial charge in [-0.2, -0.15) is 0 Å². The third-order valence-electron chi connectivity index (χ3n) is 2.87. The lowest BCUT2D eigenvalue weighted by Crippen LogP contribution is -2.32. The van der Waals surface area contributed by atoms with Gasteiger partial charge in [0.2, 0.25) is 5.91 Å². The number of hydrogen-bond donors (Lipinski definition) is 1. The molecule has 1 aromatic rings. The second-order valence-corrected chi connectivity index (χ2v) is 4.78. The van der Waals surface area contributed by atoms with Crippen LogP contribution in [-0.4, -0.2) is 19.6 Å². The molecule has 0 aliphatic heterocycles. The third kappa shape index (κ3) is 3.45. The minimum atomic E-state index is -0.0923. The molecule has 0 saturated heterocycles. The average Bonchev–Trinajstić information content (AvgIpc) is 3.13. The summed E-state index contributed by atoms with van der Waals surface area (Å²) >= 11 is 5.84. The fourth-order valence-electron chi connectivity index (χ4n) is 1.72. The number of amides is 1. The van der Waals surface area contributed by atoms with E-state index in [1.54, 1.807) is 7.11 Å². The number of methoxy groups -OCH3 is 1. The first-order chi connectivity index (χ1) is 8.20. The summed E-state index contributed by atoms with van der Waals surface area (Å²) in [6.45, 7) is 0.472. The molecule has 1 fully saturated rings. The van der Waals surface area contributed by atoms with Crippen LogP contribution in [0.25, 0.3) is 0 Å². The van der Waals surface area contributed by atoms with Crippen molar-refractivity contribution in [2.45, 2.75) is 18.9 Å². The Morgan fingerprint density at radius 2 is 2.12 bits per heavy atom. The van der Waals surface area contributed by atoms with Gasteiger partial charge in [-0.1, -0.05) is 23.7 Å². The number of ether oxygens (including phenoxy) is 1. The van der Waals surface area contributed by atoms with Crippen LogP contribution >= 0.6 is 11.6 Å². The van der Waals surface area contributed by atoms with Crippen molar-refractivity contribution in [3.05, 3.63) is 34.9 Å². The van der Waals surface area contributed by atoms with Gasteiger partial charge in [-0.15, -0.1) is 0 Å². The van der Waals surface area contributed by atoms with Gasteiger partial charge in [-0.25, -0.2) is 0 Å². The molecule has 1 aliphatic carbocycles. The summed E-state index contributed by atoms with van der Waals surface area (Å²) in [5.74, 6) is 0.337. The lowest BCUT2D eigenvalue weighted by Gasteiger charge is -2.18. The maximum Gasteiger partial charge on any atom is 0.223 e. The molecular weight excluding hydrogens is 238 g/mol. The fourth-order valence-corrected chi connectivity index (χ4v) is 1.84. The summed E-state index contributed by atoms with van der Waals surface area (Å²) in [5.41, 5.74) is 1.02. The number of halogens is 1. The van der Waals surface area contributed by atoms with Crippen LogP contribution in [0.1, 0.15) is 24.4 Å². The van der Waals surface area contributed by atoms with Crippen molar-refractivity contribution < 1.29 is 9.53 Å². The lowest BCUT2D eigenvalue weighted by molar-refractivity contribution is -0.123. The summed E-state index contributed by atoms with van der Waals surface area (Å²) in [5, 5.41) is 3.70. The zero-order valence-electron chi connectivity index (χ0n) is 9.78. The first-order valence-corrected chi connectivity index (χ1v) is 6.13. The SMILES string of the molecule is COCC(NC(=O)C1CC1)c1ccc(Cl)cc1. The van der Waals surface area contributed by atoms with Crippen molar-refractivity contribution in [3.8, 4) is 0 Å². The van der Waals surface area contributed by atoms with Crippen molar-refractivity contribution in [2.24, 2.45) is 5.92 Å². The molecule has 1 atom stereocenters. The van der Waals surface area contributed by atoms with Crippen LogP contribution in [0.2, 0.25) is 5.02 Å². The molecule has 0 heterocycles. The molecular formula is C13H16ClNO2. The minimum absolute atomic E-state index is 0.0923. The smallest absolute Gasteiger partial charge is 0.223 e. The van der Waals surface area contributed by atoms with E-state index in [-0.39, 0.29) is 17.9 Å². The highest BCUT2D eigenvalue weighted by molar-refractivity contribution is 6.30. The van der Waals surface area contributed by atoms with Gasteiger partial charge in [0, 0.05) is 18.1 Å². The van der Waals surface area contributed by atoms with Crippen LogP contribution in [0.15, 0.2) is 24.3 Å². The highest BCUT2D eigenvalue weighted by atomic mass is 35.5. The van der Waals surface area contributed by atoms with Gasteiger partial charge < -0.3 is 10.1 Å². The maximum atomic E-state index is 11.7. The summed E-state index contributed by atoms with van der Waals surface area (Å²) in [7, 11) is 1.63. The Labute approximate surface area is 106 Å². The molecule has 0 spiro atoms. The van der Waals surface area contributed by atoms with Crippen LogP contribution in [0.3, 0.4) is 0 Å². The molecule has 0 aromatic heterocycles. The molecule has 1 saturated carbocycles. The Morgan fingerprint density at radius 1 is 1.47 bits per heavy atom. The summed E-state index contributed by atoms with van der Waals surface area (Å²) in [6.07, 6.45) is 2.01. The Bertz CT molecular complexity index is 387. The van der Waals surface area contributed by atoms with Crippen LogP contribution in [0.5, 0.6) is 0 Å². The molecule has 92 valence electrons. The van der Waals surface area contributed by atoms with E-state index in [9.17, 15) is 4.79 Å². The zero-order valence-corrected chi connectivity index (χ0v) is 10.5. The van der Waals surface area contributed by atoms with E-state index >= 15 is 0 Å². The fraction of sp³-hybridized carbons (Fsp3) is 0.462. The van der Waals surface area contributed by atoms with E-state index in [0.29, 0.717) is 11.6 Å². The number of hydrogen-bond acceptors (Lipinski definition) is 2. The molecule has 4 heteroatoms. The second-order valence-electron chi connectivity index (χ2n) is 4.34. The van der Waals surface area contributed by atoms with E-state index < -0.39 is 0 Å². The van der Waals surface area contributed by atoms with Crippen molar-refractivity contribution in [1.82, 2.24) is 5.32 Å². The number of carbonyl (C=O) groups excluding carboxylic acids is 1. The quantitative estimate of drug-likeness (QED) is 0.876. The number of nitrogens with one attached hydrogen (secondary N) is 1. The number of rotatable bonds is 5. The largest absolute Gasteiger partial charge is 0.382 e. The van der Waals surface area contributed by atoms with E-state index in [4.69, 9.17) is 16.3 Å². The van der Waals surface area contributed by atoms with Gasteiger partial charge >= 0.3 is 0 Å². The Balaban J connectivity index is 2.04.